The van der Waals surface area contributed by atoms with E-state index in [1.807, 2.05) is 35.2 Å². The molecule has 6 nitrogen and oxygen atoms in total. The summed E-state index contributed by atoms with van der Waals surface area (Å²) >= 11 is 0. The van der Waals surface area contributed by atoms with Crippen LogP contribution in [0, 0.1) is 0 Å². The zero-order valence-corrected chi connectivity index (χ0v) is 11.3. The van der Waals surface area contributed by atoms with Crippen LogP contribution in [-0.4, -0.2) is 28.4 Å². The Hall–Kier alpha value is -2.60. The average Bonchev–Trinajstić information content (AvgIpc) is 3.19. The van der Waals surface area contributed by atoms with Gasteiger partial charge in [0.05, 0.1) is 25.0 Å². The van der Waals surface area contributed by atoms with Gasteiger partial charge < -0.3 is 18.9 Å². The fraction of sp³-hybridized carbons (Fsp3) is 0.200. The molecule has 3 aromatic rings. The van der Waals surface area contributed by atoms with Crippen molar-refractivity contribution >= 4 is 5.69 Å². The van der Waals surface area contributed by atoms with Gasteiger partial charge in [0, 0.05) is 12.2 Å². The maximum atomic E-state index is 9.21. The number of aliphatic hydroxyl groups is 1. The third kappa shape index (κ3) is 3.11. The first-order chi connectivity index (χ1) is 10.4. The second-order valence-electron chi connectivity index (χ2n) is 4.51. The molecule has 0 aliphatic heterocycles. The Bertz CT molecular complexity index is 665. The van der Waals surface area contributed by atoms with Crippen molar-refractivity contribution in [3.05, 3.63) is 54.7 Å². The van der Waals surface area contributed by atoms with E-state index in [-0.39, 0.29) is 6.61 Å². The number of benzene rings is 1. The van der Waals surface area contributed by atoms with Gasteiger partial charge in [-0.25, -0.2) is 0 Å². The molecule has 3 rings (SSSR count). The minimum atomic E-state index is 0.0569. The molecule has 1 N–H and O–H groups in total. The predicted octanol–water partition coefficient (Wildman–Crippen LogP) is 2.33. The van der Waals surface area contributed by atoms with Gasteiger partial charge >= 0.3 is 0 Å². The van der Waals surface area contributed by atoms with Crippen LogP contribution in [0.3, 0.4) is 0 Å². The van der Waals surface area contributed by atoms with Crippen molar-refractivity contribution in [2.45, 2.75) is 6.54 Å². The molecule has 1 aromatic carbocycles. The maximum Gasteiger partial charge on any atom is 0.261 e. The summed E-state index contributed by atoms with van der Waals surface area (Å²) in [6.45, 7) is 1.02. The van der Waals surface area contributed by atoms with E-state index < -0.39 is 0 Å². The number of nitrogens with zero attached hydrogens (tertiary/aromatic N) is 3. The molecule has 0 unspecified atom stereocenters. The molecule has 21 heavy (non-hydrogen) atoms. The Balaban J connectivity index is 1.77. The molecular weight excluding hydrogens is 270 g/mol. The number of anilines is 1. The highest BCUT2D eigenvalue weighted by Crippen LogP contribution is 2.19. The van der Waals surface area contributed by atoms with Gasteiger partial charge in [0.2, 0.25) is 0 Å². The van der Waals surface area contributed by atoms with Crippen molar-refractivity contribution in [2.24, 2.45) is 0 Å². The Kier molecular flexibility index (Phi) is 3.97. The fourth-order valence-corrected chi connectivity index (χ4v) is 2.05. The average molecular weight is 285 g/mol. The highest BCUT2D eigenvalue weighted by molar-refractivity contribution is 5.50. The van der Waals surface area contributed by atoms with Gasteiger partial charge in [-0.05, 0) is 18.2 Å². The monoisotopic (exact) mass is 285 g/mol. The lowest BCUT2D eigenvalue weighted by Gasteiger charge is -2.21. The molecule has 0 saturated heterocycles. The van der Waals surface area contributed by atoms with Crippen LogP contribution in [0.1, 0.15) is 5.82 Å². The van der Waals surface area contributed by atoms with E-state index in [1.54, 1.807) is 18.6 Å². The molecule has 0 aliphatic carbocycles. The van der Waals surface area contributed by atoms with Gasteiger partial charge in [0.25, 0.3) is 5.89 Å². The topological polar surface area (TPSA) is 75.5 Å². The summed E-state index contributed by atoms with van der Waals surface area (Å²) in [5.74, 6) is 0.985. The number of rotatable bonds is 6. The number of hydrogen-bond donors (Lipinski definition) is 1. The lowest BCUT2D eigenvalue weighted by Crippen LogP contribution is -2.26. The van der Waals surface area contributed by atoms with Crippen LogP contribution in [0.15, 0.2) is 57.9 Å². The Morgan fingerprint density at radius 1 is 1.14 bits per heavy atom. The van der Waals surface area contributed by atoms with E-state index in [4.69, 9.17) is 8.94 Å². The van der Waals surface area contributed by atoms with Crippen molar-refractivity contribution in [3.63, 3.8) is 0 Å². The summed E-state index contributed by atoms with van der Waals surface area (Å²) in [5.41, 5.74) is 1.75. The molecule has 0 fully saturated rings. The fourth-order valence-electron chi connectivity index (χ4n) is 2.05. The normalized spacial score (nSPS) is 10.7. The largest absolute Gasteiger partial charge is 0.472 e. The van der Waals surface area contributed by atoms with E-state index in [9.17, 15) is 5.11 Å². The van der Waals surface area contributed by atoms with Gasteiger partial charge in [-0.3, -0.25) is 0 Å². The van der Waals surface area contributed by atoms with Crippen LogP contribution in [0.2, 0.25) is 0 Å². The molecule has 0 saturated carbocycles. The van der Waals surface area contributed by atoms with Gasteiger partial charge in [-0.2, -0.15) is 4.98 Å². The number of aliphatic hydroxyl groups excluding tert-OH is 1. The highest BCUT2D eigenvalue weighted by Gasteiger charge is 2.13. The molecule has 2 aromatic heterocycles. The lowest BCUT2D eigenvalue weighted by atomic mass is 10.3. The van der Waals surface area contributed by atoms with E-state index in [0.29, 0.717) is 24.8 Å². The SMILES string of the molecule is OCCN(Cc1noc(-c2ccoc2)n1)c1ccccc1. The number of hydrogen-bond acceptors (Lipinski definition) is 6. The van der Waals surface area contributed by atoms with E-state index in [2.05, 4.69) is 10.1 Å². The molecule has 0 spiro atoms. The van der Waals surface area contributed by atoms with Crippen LogP contribution < -0.4 is 4.90 Å². The van der Waals surface area contributed by atoms with E-state index in [1.165, 1.54) is 0 Å². The molecule has 0 atom stereocenters. The van der Waals surface area contributed by atoms with Gasteiger partial charge in [-0.1, -0.05) is 23.4 Å². The van der Waals surface area contributed by atoms with Gasteiger partial charge in [0.15, 0.2) is 5.82 Å². The summed E-state index contributed by atoms with van der Waals surface area (Å²) in [7, 11) is 0. The minimum Gasteiger partial charge on any atom is -0.472 e. The minimum absolute atomic E-state index is 0.0569. The maximum absolute atomic E-state index is 9.21. The van der Waals surface area contributed by atoms with Crippen molar-refractivity contribution in [1.82, 2.24) is 10.1 Å². The van der Waals surface area contributed by atoms with E-state index >= 15 is 0 Å². The lowest BCUT2D eigenvalue weighted by molar-refractivity contribution is 0.301. The van der Waals surface area contributed by atoms with Crippen LogP contribution >= 0.6 is 0 Å². The van der Waals surface area contributed by atoms with Crippen molar-refractivity contribution in [2.75, 3.05) is 18.1 Å². The van der Waals surface area contributed by atoms with Crippen LogP contribution in [0.5, 0.6) is 0 Å². The summed E-state index contributed by atoms with van der Waals surface area (Å²) in [6.07, 6.45) is 3.11. The quantitative estimate of drug-likeness (QED) is 0.749. The smallest absolute Gasteiger partial charge is 0.261 e. The first-order valence-corrected chi connectivity index (χ1v) is 6.63. The van der Waals surface area contributed by atoms with Crippen molar-refractivity contribution in [3.8, 4) is 11.5 Å². The van der Waals surface area contributed by atoms with Gasteiger partial charge in [-0.15, -0.1) is 0 Å². The Morgan fingerprint density at radius 3 is 2.71 bits per heavy atom. The Morgan fingerprint density at radius 2 is 2.00 bits per heavy atom. The van der Waals surface area contributed by atoms with Crippen LogP contribution in [-0.2, 0) is 6.54 Å². The van der Waals surface area contributed by atoms with Crippen LogP contribution in [0.4, 0.5) is 5.69 Å². The molecular formula is C15H15N3O3. The zero-order chi connectivity index (χ0) is 14.5. The first kappa shape index (κ1) is 13.4. The third-order valence-electron chi connectivity index (χ3n) is 3.06. The summed E-state index contributed by atoms with van der Waals surface area (Å²) in [4.78, 5) is 6.33. The summed E-state index contributed by atoms with van der Waals surface area (Å²) < 4.78 is 10.2. The highest BCUT2D eigenvalue weighted by atomic mass is 16.5. The van der Waals surface area contributed by atoms with Crippen molar-refractivity contribution < 1.29 is 14.0 Å². The second-order valence-corrected chi connectivity index (χ2v) is 4.51. The molecule has 108 valence electrons. The standard InChI is InChI=1S/C15H15N3O3/c19-8-7-18(13-4-2-1-3-5-13)10-14-16-15(21-17-14)12-6-9-20-11-12/h1-6,9,11,19H,7-8,10H2. The molecule has 0 radical (unpaired) electrons. The molecule has 6 heteroatoms. The third-order valence-corrected chi connectivity index (χ3v) is 3.06. The molecule has 0 aliphatic rings. The number of aromatic nitrogens is 2. The Labute approximate surface area is 121 Å². The second kappa shape index (κ2) is 6.23. The van der Waals surface area contributed by atoms with E-state index in [0.717, 1.165) is 11.3 Å². The summed E-state index contributed by atoms with van der Waals surface area (Å²) in [5, 5.41) is 13.2. The van der Waals surface area contributed by atoms with Crippen LogP contribution in [0.25, 0.3) is 11.5 Å². The zero-order valence-electron chi connectivity index (χ0n) is 11.3. The van der Waals surface area contributed by atoms with Crippen molar-refractivity contribution in [1.29, 1.82) is 0 Å². The molecule has 2 heterocycles. The number of furan rings is 1. The number of para-hydroxylation sites is 1. The molecule has 0 bridgehead atoms. The first-order valence-electron chi connectivity index (χ1n) is 6.63. The predicted molar refractivity (Wildman–Crippen MR) is 76.6 cm³/mol. The summed E-state index contributed by atoms with van der Waals surface area (Å²) in [6, 6.07) is 11.6. The molecule has 0 amide bonds. The van der Waals surface area contributed by atoms with Gasteiger partial charge in [0.1, 0.15) is 6.26 Å².